The van der Waals surface area contributed by atoms with Crippen molar-refractivity contribution in [3.63, 3.8) is 0 Å². The van der Waals surface area contributed by atoms with E-state index in [1.54, 1.807) is 13.0 Å². The molecule has 0 aliphatic carbocycles. The lowest BCUT2D eigenvalue weighted by Gasteiger charge is -2.10. The molecule has 0 bridgehead atoms. The fourth-order valence-corrected chi connectivity index (χ4v) is 1.90. The molecule has 0 aliphatic rings. The van der Waals surface area contributed by atoms with Gasteiger partial charge in [-0.15, -0.1) is 0 Å². The van der Waals surface area contributed by atoms with Crippen LogP contribution in [0, 0.1) is 17.2 Å². The summed E-state index contributed by atoms with van der Waals surface area (Å²) in [6, 6.07) is 11.2. The van der Waals surface area contributed by atoms with Gasteiger partial charge in [0.05, 0.1) is 5.92 Å². The minimum atomic E-state index is -0.449. The fraction of sp³-hybridized carbons (Fsp3) is 0.471. The Morgan fingerprint density at radius 3 is 2.65 bits per heavy atom. The molecule has 1 rings (SSSR count). The van der Waals surface area contributed by atoms with E-state index in [9.17, 15) is 9.59 Å². The van der Waals surface area contributed by atoms with E-state index in [0.29, 0.717) is 13.0 Å². The van der Waals surface area contributed by atoms with Crippen LogP contribution in [0.3, 0.4) is 0 Å². The molecule has 1 aromatic carbocycles. The van der Waals surface area contributed by atoms with Crippen molar-refractivity contribution in [1.29, 1.82) is 5.26 Å². The zero-order valence-electron chi connectivity index (χ0n) is 13.3. The average molecular weight is 318 g/mol. The van der Waals surface area contributed by atoms with Crippen LogP contribution in [0.2, 0.25) is 0 Å². The van der Waals surface area contributed by atoms with Gasteiger partial charge in [0.15, 0.2) is 6.61 Å². The molecule has 6 nitrogen and oxygen atoms in total. The van der Waals surface area contributed by atoms with Gasteiger partial charge in [-0.25, -0.2) is 4.79 Å². The molecule has 0 aliphatic heterocycles. The second kappa shape index (κ2) is 11.1. The van der Waals surface area contributed by atoms with E-state index in [1.165, 1.54) is 0 Å². The average Bonchev–Trinajstić information content (AvgIpc) is 2.58. The first-order valence-electron chi connectivity index (χ1n) is 7.61. The standard InChI is InChI=1S/C17H22N2O4/c1-14(16(20)22-12-10-18)7-5-6-11-19-17(21)23-13-15-8-3-2-4-9-15/h2-4,8-9,14H,5-7,11-13H2,1H3,(H,19,21)/t14-/m0/s1. The predicted molar refractivity (Wildman–Crippen MR) is 84.2 cm³/mol. The topological polar surface area (TPSA) is 88.4 Å². The van der Waals surface area contributed by atoms with E-state index in [-0.39, 0.29) is 25.1 Å². The minimum Gasteiger partial charge on any atom is -0.450 e. The summed E-state index contributed by atoms with van der Waals surface area (Å²) in [6.45, 7) is 2.29. The van der Waals surface area contributed by atoms with Crippen LogP contribution in [0.5, 0.6) is 0 Å². The van der Waals surface area contributed by atoms with E-state index < -0.39 is 6.09 Å². The third-order valence-corrected chi connectivity index (χ3v) is 3.23. The summed E-state index contributed by atoms with van der Waals surface area (Å²) in [5, 5.41) is 11.0. The molecule has 23 heavy (non-hydrogen) atoms. The highest BCUT2D eigenvalue weighted by atomic mass is 16.5. The van der Waals surface area contributed by atoms with Crippen LogP contribution in [0.15, 0.2) is 30.3 Å². The molecule has 0 spiro atoms. The van der Waals surface area contributed by atoms with Gasteiger partial charge in [-0.2, -0.15) is 5.26 Å². The maximum Gasteiger partial charge on any atom is 0.407 e. The van der Waals surface area contributed by atoms with E-state index in [2.05, 4.69) is 5.32 Å². The highest BCUT2D eigenvalue weighted by Crippen LogP contribution is 2.09. The lowest BCUT2D eigenvalue weighted by molar-refractivity contribution is -0.146. The van der Waals surface area contributed by atoms with Gasteiger partial charge in [-0.3, -0.25) is 4.79 Å². The number of unbranched alkanes of at least 4 members (excludes halogenated alkanes) is 1. The van der Waals surface area contributed by atoms with Crippen molar-refractivity contribution in [2.45, 2.75) is 32.8 Å². The van der Waals surface area contributed by atoms with Crippen molar-refractivity contribution in [2.75, 3.05) is 13.2 Å². The van der Waals surface area contributed by atoms with Crippen LogP contribution in [0.1, 0.15) is 31.7 Å². The number of carbonyl (C=O) groups is 2. The zero-order chi connectivity index (χ0) is 16.9. The van der Waals surface area contributed by atoms with Crippen molar-refractivity contribution in [3.05, 3.63) is 35.9 Å². The Morgan fingerprint density at radius 1 is 1.22 bits per heavy atom. The molecule has 0 saturated carbocycles. The number of nitrogens with zero attached hydrogens (tertiary/aromatic N) is 1. The first kappa shape index (κ1) is 18.5. The number of hydrogen-bond donors (Lipinski definition) is 1. The van der Waals surface area contributed by atoms with Crippen molar-refractivity contribution >= 4 is 12.1 Å². The third kappa shape index (κ3) is 8.47. The van der Waals surface area contributed by atoms with Crippen molar-refractivity contribution in [2.24, 2.45) is 5.92 Å². The van der Waals surface area contributed by atoms with E-state index in [1.807, 2.05) is 30.3 Å². The monoisotopic (exact) mass is 318 g/mol. The van der Waals surface area contributed by atoms with E-state index >= 15 is 0 Å². The zero-order valence-corrected chi connectivity index (χ0v) is 13.3. The molecule has 6 heteroatoms. The molecule has 0 unspecified atom stereocenters. The number of ether oxygens (including phenoxy) is 2. The quantitative estimate of drug-likeness (QED) is 0.558. The Morgan fingerprint density at radius 2 is 1.96 bits per heavy atom. The van der Waals surface area contributed by atoms with E-state index in [0.717, 1.165) is 18.4 Å². The summed E-state index contributed by atoms with van der Waals surface area (Å²) in [7, 11) is 0. The molecule has 124 valence electrons. The Kier molecular flexibility index (Phi) is 8.91. The molecule has 0 saturated heterocycles. The summed E-state index contributed by atoms with van der Waals surface area (Å²) in [6.07, 6.45) is 1.73. The number of carbonyl (C=O) groups excluding carboxylic acids is 2. The smallest absolute Gasteiger partial charge is 0.407 e. The molecule has 1 N–H and O–H groups in total. The van der Waals surface area contributed by atoms with Gasteiger partial charge in [0, 0.05) is 6.54 Å². The number of hydrogen-bond acceptors (Lipinski definition) is 5. The molecule has 0 fully saturated rings. The number of esters is 1. The largest absolute Gasteiger partial charge is 0.450 e. The number of benzene rings is 1. The van der Waals surface area contributed by atoms with Gasteiger partial charge in [-0.05, 0) is 18.4 Å². The summed E-state index contributed by atoms with van der Waals surface area (Å²) in [4.78, 5) is 22.9. The Labute approximate surface area is 136 Å². The number of rotatable bonds is 9. The molecule has 0 aromatic heterocycles. The fourth-order valence-electron chi connectivity index (χ4n) is 1.90. The number of nitrogens with one attached hydrogen (secondary N) is 1. The van der Waals surface area contributed by atoms with Crippen molar-refractivity contribution in [1.82, 2.24) is 5.32 Å². The molecule has 0 radical (unpaired) electrons. The minimum absolute atomic E-state index is 0.210. The normalized spacial score (nSPS) is 11.1. The Hall–Kier alpha value is -2.55. The van der Waals surface area contributed by atoms with Crippen molar-refractivity contribution in [3.8, 4) is 6.07 Å². The maximum atomic E-state index is 11.5. The van der Waals surface area contributed by atoms with Gasteiger partial charge >= 0.3 is 12.1 Å². The number of amides is 1. The van der Waals surface area contributed by atoms with Crippen LogP contribution in [-0.4, -0.2) is 25.2 Å². The van der Waals surface area contributed by atoms with Gasteiger partial charge in [0.1, 0.15) is 12.7 Å². The van der Waals surface area contributed by atoms with E-state index in [4.69, 9.17) is 14.7 Å². The highest BCUT2D eigenvalue weighted by molar-refractivity contribution is 5.72. The SMILES string of the molecule is C[C@@H](CCCCNC(=O)OCc1ccccc1)C(=O)OCC#N. The second-order valence-corrected chi connectivity index (χ2v) is 5.15. The third-order valence-electron chi connectivity index (χ3n) is 3.23. The molecular weight excluding hydrogens is 296 g/mol. The highest BCUT2D eigenvalue weighted by Gasteiger charge is 2.13. The summed E-state index contributed by atoms with van der Waals surface area (Å²) >= 11 is 0. The van der Waals surface area contributed by atoms with Crippen LogP contribution >= 0.6 is 0 Å². The van der Waals surface area contributed by atoms with Crippen LogP contribution in [0.4, 0.5) is 4.79 Å². The summed E-state index contributed by atoms with van der Waals surface area (Å²) in [5.74, 6) is -0.602. The first-order valence-corrected chi connectivity index (χ1v) is 7.61. The van der Waals surface area contributed by atoms with Gasteiger partial charge in [0.2, 0.25) is 0 Å². The number of alkyl carbamates (subject to hydrolysis) is 1. The second-order valence-electron chi connectivity index (χ2n) is 5.15. The lowest BCUT2D eigenvalue weighted by atomic mass is 10.0. The van der Waals surface area contributed by atoms with Crippen LogP contribution in [-0.2, 0) is 20.9 Å². The van der Waals surface area contributed by atoms with Gasteiger partial charge in [-0.1, -0.05) is 43.7 Å². The number of nitriles is 1. The lowest BCUT2D eigenvalue weighted by Crippen LogP contribution is -2.25. The van der Waals surface area contributed by atoms with Crippen LogP contribution in [0.25, 0.3) is 0 Å². The molecule has 0 heterocycles. The summed E-state index contributed by atoms with van der Waals surface area (Å²) < 4.78 is 9.82. The molecule has 1 atom stereocenters. The molecule has 1 aromatic rings. The summed E-state index contributed by atoms with van der Waals surface area (Å²) in [5.41, 5.74) is 0.937. The Bertz CT molecular complexity index is 525. The van der Waals surface area contributed by atoms with Crippen molar-refractivity contribution < 1.29 is 19.1 Å². The van der Waals surface area contributed by atoms with Crippen LogP contribution < -0.4 is 5.32 Å². The predicted octanol–water partition coefficient (Wildman–Crippen LogP) is 2.79. The first-order chi connectivity index (χ1) is 11.1. The van der Waals surface area contributed by atoms with Gasteiger partial charge in [0.25, 0.3) is 0 Å². The molecule has 1 amide bonds. The Balaban J connectivity index is 2.05. The van der Waals surface area contributed by atoms with Gasteiger partial charge < -0.3 is 14.8 Å². The maximum absolute atomic E-state index is 11.5. The molecular formula is C17H22N2O4.